The number of aliphatic hydroxyl groups is 1. The summed E-state index contributed by atoms with van der Waals surface area (Å²) in [7, 11) is -1.85. The van der Waals surface area contributed by atoms with Crippen molar-refractivity contribution in [2.24, 2.45) is 10.3 Å². The van der Waals surface area contributed by atoms with Crippen LogP contribution in [-0.2, 0) is 19.5 Å². The Balaban J connectivity index is 1.78. The Kier molecular flexibility index (Phi) is 8.54. The Morgan fingerprint density at radius 3 is 2.75 bits per heavy atom. The summed E-state index contributed by atoms with van der Waals surface area (Å²) in [5.41, 5.74) is 1.42. The van der Waals surface area contributed by atoms with E-state index in [0.29, 0.717) is 29.0 Å². The van der Waals surface area contributed by atoms with Crippen molar-refractivity contribution >= 4 is 39.7 Å². The highest BCUT2D eigenvalue weighted by Gasteiger charge is 2.13. The molecule has 0 saturated carbocycles. The maximum absolute atomic E-state index is 12.1. The van der Waals surface area contributed by atoms with E-state index in [2.05, 4.69) is 24.4 Å². The van der Waals surface area contributed by atoms with E-state index >= 15 is 0 Å². The number of hydrogen-bond donors (Lipinski definition) is 2. The van der Waals surface area contributed by atoms with Crippen LogP contribution in [0.5, 0.6) is 5.88 Å². The number of nitrogens with one attached hydrogen (secondary N) is 1. The maximum Gasteiger partial charge on any atom is 0.410 e. The molecule has 9 nitrogen and oxygen atoms in total. The molecule has 3 rings (SSSR count). The maximum atomic E-state index is 12.1. The number of carbonyl (C=O) groups excluding carboxylic acids is 1. The molecule has 170 valence electrons. The molecule has 2 aromatic heterocycles. The van der Waals surface area contributed by atoms with E-state index in [0.717, 1.165) is 10.4 Å². The van der Waals surface area contributed by atoms with Gasteiger partial charge in [0.1, 0.15) is 0 Å². The minimum atomic E-state index is -1.85. The molecule has 1 aromatic carbocycles. The van der Waals surface area contributed by atoms with Crippen molar-refractivity contribution < 1.29 is 23.6 Å². The smallest absolute Gasteiger partial charge is 0.410 e. The fourth-order valence-corrected chi connectivity index (χ4v) is 3.86. The summed E-state index contributed by atoms with van der Waals surface area (Å²) in [5, 5.41) is 14.3. The van der Waals surface area contributed by atoms with Crippen LogP contribution in [0.15, 0.2) is 57.2 Å². The summed E-state index contributed by atoms with van der Waals surface area (Å²) in [6, 6.07) is 10.4. The number of aliphatic hydroxyl groups excluding tert-OH is 1. The lowest BCUT2D eigenvalue weighted by molar-refractivity contribution is 0.164. The van der Waals surface area contributed by atoms with Crippen LogP contribution in [0.25, 0.3) is 10.4 Å². The molecule has 0 radical (unpaired) electrons. The SMILES string of the molecule is CCOC(=O)N=[S-](=O)c1ccc(Nc2ncc(-c3cccs3)c(OC[C@H](C)CO)n2)cc1. The zero-order valence-electron chi connectivity index (χ0n) is 17.6. The van der Waals surface area contributed by atoms with Gasteiger partial charge < -0.3 is 24.1 Å². The van der Waals surface area contributed by atoms with E-state index in [-0.39, 0.29) is 19.1 Å². The highest BCUT2D eigenvalue weighted by Crippen LogP contribution is 2.32. The Hall–Kier alpha value is -3.02. The van der Waals surface area contributed by atoms with Crippen LogP contribution in [0.3, 0.4) is 0 Å². The molecule has 1 amide bonds. The molecule has 3 aromatic rings. The fraction of sp³-hybridized carbons (Fsp3) is 0.286. The Morgan fingerprint density at radius 1 is 1.31 bits per heavy atom. The van der Waals surface area contributed by atoms with Crippen molar-refractivity contribution in [3.05, 3.63) is 48.0 Å². The van der Waals surface area contributed by atoms with Crippen LogP contribution < -0.4 is 10.1 Å². The largest absolute Gasteiger partial charge is 0.477 e. The van der Waals surface area contributed by atoms with Gasteiger partial charge in [-0.25, -0.2) is 9.78 Å². The van der Waals surface area contributed by atoms with Gasteiger partial charge in [-0.1, -0.05) is 30.0 Å². The van der Waals surface area contributed by atoms with Gasteiger partial charge in [-0.15, -0.1) is 21.9 Å². The first kappa shape index (κ1) is 23.6. The van der Waals surface area contributed by atoms with Gasteiger partial charge >= 0.3 is 6.09 Å². The highest BCUT2D eigenvalue weighted by molar-refractivity contribution is 7.75. The van der Waals surface area contributed by atoms with Crippen molar-refractivity contribution in [1.82, 2.24) is 9.97 Å². The second kappa shape index (κ2) is 11.6. The topological polar surface area (TPSA) is 123 Å². The van der Waals surface area contributed by atoms with E-state index in [1.54, 1.807) is 48.7 Å². The van der Waals surface area contributed by atoms with Crippen LogP contribution in [0.2, 0.25) is 0 Å². The predicted octanol–water partition coefficient (Wildman–Crippen LogP) is 4.62. The van der Waals surface area contributed by atoms with Crippen LogP contribution in [0.1, 0.15) is 13.8 Å². The molecule has 0 aliphatic rings. The summed E-state index contributed by atoms with van der Waals surface area (Å²) in [5.74, 6) is 0.698. The number of anilines is 2. The van der Waals surface area contributed by atoms with E-state index in [1.165, 1.54) is 0 Å². The molecule has 2 heterocycles. The summed E-state index contributed by atoms with van der Waals surface area (Å²) < 4.78 is 26.1. The number of carbonyl (C=O) groups is 1. The van der Waals surface area contributed by atoms with Gasteiger partial charge in [0.05, 0.1) is 18.8 Å². The van der Waals surface area contributed by atoms with Gasteiger partial charge in [-0.2, -0.15) is 4.98 Å². The quantitative estimate of drug-likeness (QED) is 0.430. The average molecular weight is 476 g/mol. The molecule has 11 heteroatoms. The van der Waals surface area contributed by atoms with Crippen molar-refractivity contribution in [2.75, 3.05) is 25.1 Å². The minimum Gasteiger partial charge on any atom is -0.477 e. The minimum absolute atomic E-state index is 0.0146. The van der Waals surface area contributed by atoms with E-state index < -0.39 is 16.7 Å². The lowest BCUT2D eigenvalue weighted by Gasteiger charge is -2.14. The molecule has 0 unspecified atom stereocenters. The van der Waals surface area contributed by atoms with Crippen molar-refractivity contribution in [3.8, 4) is 16.3 Å². The number of aromatic nitrogens is 2. The summed E-state index contributed by atoms with van der Waals surface area (Å²) in [6.45, 7) is 4.02. The first-order valence-electron chi connectivity index (χ1n) is 9.82. The van der Waals surface area contributed by atoms with Gasteiger partial charge in [0, 0.05) is 29.3 Å². The monoisotopic (exact) mass is 475 g/mol. The number of nitrogens with zero attached hydrogens (tertiary/aromatic N) is 3. The zero-order chi connectivity index (χ0) is 22.9. The number of hydrogen-bond acceptors (Lipinski definition) is 10. The molecular formula is C21H23N4O5S2-. The van der Waals surface area contributed by atoms with Crippen LogP contribution >= 0.6 is 11.3 Å². The summed E-state index contributed by atoms with van der Waals surface area (Å²) in [4.78, 5) is 21.6. The second-order valence-corrected chi connectivity index (χ2v) is 8.78. The van der Waals surface area contributed by atoms with Gasteiger partial charge in [0.15, 0.2) is 0 Å². The first-order valence-corrected chi connectivity index (χ1v) is 11.8. The second-order valence-electron chi connectivity index (χ2n) is 6.68. The van der Waals surface area contributed by atoms with Crippen molar-refractivity contribution in [1.29, 1.82) is 0 Å². The average Bonchev–Trinajstić information content (AvgIpc) is 3.33. The van der Waals surface area contributed by atoms with Gasteiger partial charge in [0.2, 0.25) is 11.8 Å². The number of benzene rings is 1. The van der Waals surface area contributed by atoms with Crippen LogP contribution in [0, 0.1) is 5.92 Å². The third-order valence-electron chi connectivity index (χ3n) is 4.09. The molecule has 0 bridgehead atoms. The van der Waals surface area contributed by atoms with E-state index in [1.807, 2.05) is 24.4 Å². The normalized spacial score (nSPS) is 12.8. The Morgan fingerprint density at radius 2 is 2.09 bits per heavy atom. The first-order chi connectivity index (χ1) is 15.5. The standard InChI is InChI=1S/C21H23N4O5S2/c1-3-29-21(27)25-32(28)16-8-6-15(7-9-16)23-20-22-11-17(18-5-4-10-31-18)19(24-20)30-13-14(2)12-26/h4-11,14,26H,3,12-13H2,1-2H3,(H,22,23,24)/q-1/t14-/m1/s1. The van der Waals surface area contributed by atoms with E-state index in [9.17, 15) is 14.1 Å². The summed E-state index contributed by atoms with van der Waals surface area (Å²) in [6.07, 6.45) is 0.817. The van der Waals surface area contributed by atoms with Gasteiger partial charge in [-0.05, 0) is 30.5 Å². The van der Waals surface area contributed by atoms with E-state index in [4.69, 9.17) is 4.74 Å². The van der Waals surface area contributed by atoms with Crippen LogP contribution in [0.4, 0.5) is 16.4 Å². The number of ether oxygens (including phenoxy) is 2. The fourth-order valence-electron chi connectivity index (χ4n) is 2.47. The van der Waals surface area contributed by atoms with Gasteiger partial charge in [-0.3, -0.25) is 4.36 Å². The molecule has 0 fully saturated rings. The number of rotatable bonds is 9. The third-order valence-corrected chi connectivity index (χ3v) is 5.99. The molecule has 32 heavy (non-hydrogen) atoms. The summed E-state index contributed by atoms with van der Waals surface area (Å²) >= 11 is 1.55. The molecule has 0 spiro atoms. The molecular weight excluding hydrogens is 452 g/mol. The number of amides is 1. The number of thiophene rings is 1. The highest BCUT2D eigenvalue weighted by atomic mass is 32.2. The molecule has 0 aliphatic heterocycles. The van der Waals surface area contributed by atoms with Crippen molar-refractivity contribution in [2.45, 2.75) is 18.7 Å². The lowest BCUT2D eigenvalue weighted by Crippen LogP contribution is -2.13. The molecule has 0 saturated heterocycles. The van der Waals surface area contributed by atoms with Crippen molar-refractivity contribution in [3.63, 3.8) is 0 Å². The Labute approximate surface area is 191 Å². The molecule has 0 aliphatic carbocycles. The lowest BCUT2D eigenvalue weighted by atomic mass is 10.2. The van der Waals surface area contributed by atoms with Crippen LogP contribution in [-0.4, -0.2) is 41.0 Å². The molecule has 2 N–H and O–H groups in total. The zero-order valence-corrected chi connectivity index (χ0v) is 19.2. The predicted molar refractivity (Wildman–Crippen MR) is 123 cm³/mol. The third kappa shape index (κ3) is 6.49. The Bertz CT molecular complexity index is 1110. The van der Waals surface area contributed by atoms with Gasteiger partial charge in [0.25, 0.3) is 0 Å². The molecule has 1 atom stereocenters.